The van der Waals surface area contributed by atoms with Crippen LogP contribution in [0.1, 0.15) is 37.3 Å². The molecular formula is C19H26FN5O. The van der Waals surface area contributed by atoms with E-state index >= 15 is 0 Å². The van der Waals surface area contributed by atoms with Gasteiger partial charge in [-0.15, -0.1) is 0 Å². The van der Waals surface area contributed by atoms with Gasteiger partial charge < -0.3 is 16.3 Å². The first-order valence-electron chi connectivity index (χ1n) is 8.63. The van der Waals surface area contributed by atoms with E-state index in [9.17, 15) is 9.50 Å². The van der Waals surface area contributed by atoms with Crippen LogP contribution in [-0.2, 0) is 6.61 Å². The second-order valence-corrected chi connectivity index (χ2v) is 6.44. The number of aliphatic hydroxyl groups is 1. The molecule has 0 bridgehead atoms. The molecule has 0 spiro atoms. The number of nitrogens with one attached hydrogen (secondary N) is 2. The van der Waals surface area contributed by atoms with Crippen LogP contribution >= 0.6 is 0 Å². The highest BCUT2D eigenvalue weighted by Gasteiger charge is 2.20. The summed E-state index contributed by atoms with van der Waals surface area (Å²) in [4.78, 5) is 4.45. The topological polar surface area (TPSA) is 107 Å². The molecule has 7 heteroatoms. The second-order valence-electron chi connectivity index (χ2n) is 6.44. The molecule has 0 amide bonds. The highest BCUT2D eigenvalue weighted by atomic mass is 19.1. The van der Waals surface area contributed by atoms with Gasteiger partial charge in [0.25, 0.3) is 0 Å². The third-order valence-corrected chi connectivity index (χ3v) is 4.21. The quantitative estimate of drug-likeness (QED) is 0.401. The van der Waals surface area contributed by atoms with Crippen LogP contribution in [0.5, 0.6) is 0 Å². The molecule has 0 atom stereocenters. The second kappa shape index (κ2) is 9.24. The first-order valence-corrected chi connectivity index (χ1v) is 8.63. The van der Waals surface area contributed by atoms with Crippen molar-refractivity contribution < 1.29 is 9.50 Å². The Morgan fingerprint density at radius 2 is 2.19 bits per heavy atom. The fraction of sp³-hybridized carbons (Fsp3) is 0.421. The lowest BCUT2D eigenvalue weighted by atomic mass is 9.96. The summed E-state index contributed by atoms with van der Waals surface area (Å²) in [5.41, 5.74) is 11.4. The molecule has 0 radical (unpaired) electrons. The zero-order valence-electron chi connectivity index (χ0n) is 15.2. The summed E-state index contributed by atoms with van der Waals surface area (Å²) in [7, 11) is 1.64. The predicted octanol–water partition coefficient (Wildman–Crippen LogP) is 2.36. The van der Waals surface area contributed by atoms with Gasteiger partial charge in [-0.3, -0.25) is 10.4 Å². The Balaban J connectivity index is 2.24. The van der Waals surface area contributed by atoms with Crippen molar-refractivity contribution >= 4 is 17.6 Å². The van der Waals surface area contributed by atoms with Gasteiger partial charge in [-0.1, -0.05) is 0 Å². The molecule has 1 aliphatic rings. The molecule has 0 unspecified atom stereocenters. The molecule has 0 heterocycles. The summed E-state index contributed by atoms with van der Waals surface area (Å²) in [5.74, 6) is 0.226. The largest absolute Gasteiger partial charge is 0.402 e. The predicted molar refractivity (Wildman–Crippen MR) is 103 cm³/mol. The number of hydrazone groups is 1. The maximum absolute atomic E-state index is 13.4. The van der Waals surface area contributed by atoms with Gasteiger partial charge in [-0.05, 0) is 55.0 Å². The minimum absolute atomic E-state index is 0.109. The van der Waals surface area contributed by atoms with Crippen molar-refractivity contribution in [3.63, 3.8) is 0 Å². The molecule has 26 heavy (non-hydrogen) atoms. The van der Waals surface area contributed by atoms with E-state index in [1.807, 2.05) is 0 Å². The van der Waals surface area contributed by atoms with Crippen LogP contribution in [0.15, 0.2) is 39.6 Å². The van der Waals surface area contributed by atoms with Gasteiger partial charge in [0.2, 0.25) is 0 Å². The van der Waals surface area contributed by atoms with E-state index in [1.54, 1.807) is 20.2 Å². The molecule has 1 aliphatic carbocycles. The molecule has 0 aromatic heterocycles. The number of nitrogens with two attached hydrogens (primary N) is 1. The number of hydrogen-bond donors (Lipinski definition) is 4. The van der Waals surface area contributed by atoms with Crippen LogP contribution in [0.3, 0.4) is 0 Å². The third-order valence-electron chi connectivity index (χ3n) is 4.21. The van der Waals surface area contributed by atoms with Gasteiger partial charge in [0.15, 0.2) is 0 Å². The van der Waals surface area contributed by atoms with Gasteiger partial charge >= 0.3 is 0 Å². The highest BCUT2D eigenvalue weighted by molar-refractivity contribution is 6.48. The zero-order valence-corrected chi connectivity index (χ0v) is 15.2. The average Bonchev–Trinajstić information content (AvgIpc) is 3.43. The van der Waals surface area contributed by atoms with Crippen molar-refractivity contribution in [3.05, 3.63) is 46.4 Å². The number of aliphatic hydroxyl groups excluding tert-OH is 1. The van der Waals surface area contributed by atoms with Gasteiger partial charge in [0.1, 0.15) is 5.82 Å². The molecule has 2 rings (SSSR count). The Morgan fingerprint density at radius 1 is 1.46 bits per heavy atom. The molecule has 1 aromatic carbocycles. The van der Waals surface area contributed by atoms with Crippen LogP contribution in [0.4, 0.5) is 4.39 Å². The molecule has 0 aliphatic heterocycles. The molecule has 0 saturated heterocycles. The molecule has 1 aromatic rings. The monoisotopic (exact) mass is 359 g/mol. The standard InChI is InChI=1S/C19H26FN5O/c1-12(21)14(10-24-9-13-3-4-13)8-18(25-23-2)19(22)17-6-5-16(20)7-15(17)11-26/h5-7,10,13,22-23,26H,3-4,8-9,11,21H2,1-2H3/b14-12?,22-19?,24-10?,25-18-. The van der Waals surface area contributed by atoms with Gasteiger partial charge in [0.05, 0.1) is 18.0 Å². The van der Waals surface area contributed by atoms with Crippen LogP contribution in [-0.4, -0.2) is 36.3 Å². The van der Waals surface area contributed by atoms with E-state index in [0.717, 1.165) is 12.1 Å². The van der Waals surface area contributed by atoms with E-state index in [1.165, 1.54) is 31.0 Å². The smallest absolute Gasteiger partial charge is 0.123 e. The van der Waals surface area contributed by atoms with Gasteiger partial charge in [-0.25, -0.2) is 4.39 Å². The van der Waals surface area contributed by atoms with Crippen molar-refractivity contribution in [2.45, 2.75) is 32.8 Å². The Morgan fingerprint density at radius 3 is 2.77 bits per heavy atom. The number of nitrogens with zero attached hydrogens (tertiary/aromatic N) is 2. The Hall–Kier alpha value is -2.54. The number of aliphatic imine (C=N–C) groups is 1. The van der Waals surface area contributed by atoms with E-state index in [0.29, 0.717) is 34.9 Å². The maximum atomic E-state index is 13.4. The van der Waals surface area contributed by atoms with E-state index in [2.05, 4.69) is 15.5 Å². The number of hydrogen-bond acceptors (Lipinski definition) is 6. The van der Waals surface area contributed by atoms with Crippen LogP contribution < -0.4 is 11.2 Å². The third kappa shape index (κ3) is 5.49. The lowest BCUT2D eigenvalue weighted by Gasteiger charge is -2.13. The normalized spacial score (nSPS) is 15.9. The van der Waals surface area contributed by atoms with E-state index < -0.39 is 5.82 Å². The minimum Gasteiger partial charge on any atom is -0.402 e. The number of rotatable bonds is 9. The van der Waals surface area contributed by atoms with Crippen LogP contribution in [0.25, 0.3) is 0 Å². The molecule has 1 fully saturated rings. The first-order chi connectivity index (χ1) is 12.5. The molecular weight excluding hydrogens is 333 g/mol. The molecule has 5 N–H and O–H groups in total. The number of benzene rings is 1. The molecule has 6 nitrogen and oxygen atoms in total. The summed E-state index contributed by atoms with van der Waals surface area (Å²) in [5, 5.41) is 22.2. The minimum atomic E-state index is -0.455. The molecule has 1 saturated carbocycles. The van der Waals surface area contributed by atoms with Crippen molar-refractivity contribution in [2.75, 3.05) is 13.6 Å². The van der Waals surface area contributed by atoms with Gasteiger partial charge in [0, 0.05) is 37.5 Å². The summed E-state index contributed by atoms with van der Waals surface area (Å²) in [6.07, 6.45) is 4.52. The van der Waals surface area contributed by atoms with Crippen molar-refractivity contribution in [3.8, 4) is 0 Å². The summed E-state index contributed by atoms with van der Waals surface area (Å²) >= 11 is 0. The lowest BCUT2D eigenvalue weighted by Crippen LogP contribution is -2.21. The zero-order chi connectivity index (χ0) is 19.1. The van der Waals surface area contributed by atoms with Gasteiger partial charge in [-0.2, -0.15) is 5.10 Å². The number of allylic oxidation sites excluding steroid dienone is 2. The Bertz CT molecular complexity index is 746. The maximum Gasteiger partial charge on any atom is 0.123 e. The fourth-order valence-electron chi connectivity index (χ4n) is 2.49. The van der Waals surface area contributed by atoms with Crippen molar-refractivity contribution in [1.82, 2.24) is 5.43 Å². The SMILES string of the molecule is CN/N=C(/CC(C=NCC1CC1)=C(C)N)C(=N)c1ccc(F)cc1CO. The van der Waals surface area contributed by atoms with Crippen molar-refractivity contribution in [2.24, 2.45) is 21.7 Å². The van der Waals surface area contributed by atoms with E-state index in [4.69, 9.17) is 11.1 Å². The Labute approximate surface area is 153 Å². The average molecular weight is 359 g/mol. The van der Waals surface area contributed by atoms with Crippen molar-refractivity contribution in [1.29, 1.82) is 5.41 Å². The van der Waals surface area contributed by atoms with Crippen LogP contribution in [0, 0.1) is 17.1 Å². The van der Waals surface area contributed by atoms with Crippen LogP contribution in [0.2, 0.25) is 0 Å². The Kier molecular flexibility index (Phi) is 7.03. The fourth-order valence-corrected chi connectivity index (χ4v) is 2.49. The lowest BCUT2D eigenvalue weighted by molar-refractivity contribution is 0.281. The molecule has 140 valence electrons. The number of halogens is 1. The first kappa shape index (κ1) is 19.8. The highest BCUT2D eigenvalue weighted by Crippen LogP contribution is 2.28. The van der Waals surface area contributed by atoms with E-state index in [-0.39, 0.29) is 12.3 Å². The summed E-state index contributed by atoms with van der Waals surface area (Å²) < 4.78 is 13.4. The summed E-state index contributed by atoms with van der Waals surface area (Å²) in [6, 6.07) is 3.97. The summed E-state index contributed by atoms with van der Waals surface area (Å²) in [6.45, 7) is 2.22.